The van der Waals surface area contributed by atoms with E-state index < -0.39 is 11.4 Å². The van der Waals surface area contributed by atoms with Crippen LogP contribution in [0.15, 0.2) is 0 Å². The van der Waals surface area contributed by atoms with E-state index in [0.29, 0.717) is 5.25 Å². The zero-order chi connectivity index (χ0) is 10.6. The summed E-state index contributed by atoms with van der Waals surface area (Å²) >= 11 is 1.90. The van der Waals surface area contributed by atoms with Crippen molar-refractivity contribution >= 4 is 17.7 Å². The van der Waals surface area contributed by atoms with Crippen LogP contribution in [0, 0.1) is 5.41 Å². The average Bonchev–Trinajstić information content (AvgIpc) is 2.00. The summed E-state index contributed by atoms with van der Waals surface area (Å²) in [5.74, 6) is 0.347. The van der Waals surface area contributed by atoms with Crippen molar-refractivity contribution in [1.29, 1.82) is 0 Å². The zero-order valence-electron chi connectivity index (χ0n) is 8.78. The van der Waals surface area contributed by atoms with Gasteiger partial charge in [-0.3, -0.25) is 4.79 Å². The third-order valence-corrected chi connectivity index (χ3v) is 3.75. The van der Waals surface area contributed by atoms with Crippen LogP contribution in [0.1, 0.15) is 26.7 Å². The van der Waals surface area contributed by atoms with Crippen LogP contribution in [0.25, 0.3) is 0 Å². The topological polar surface area (TPSA) is 46.5 Å². The number of rotatable bonds is 6. The molecule has 1 fully saturated rings. The van der Waals surface area contributed by atoms with E-state index in [1.807, 2.05) is 11.8 Å². The molecule has 4 heteroatoms. The fourth-order valence-electron chi connectivity index (χ4n) is 1.18. The summed E-state index contributed by atoms with van der Waals surface area (Å²) in [5.41, 5.74) is -0.573. The van der Waals surface area contributed by atoms with Gasteiger partial charge in [0, 0.05) is 0 Å². The van der Waals surface area contributed by atoms with Gasteiger partial charge in [0.2, 0.25) is 0 Å². The number of carboxylic acid groups (broad SMARTS) is 1. The number of ether oxygens (including phenoxy) is 1. The van der Waals surface area contributed by atoms with Crippen molar-refractivity contribution in [1.82, 2.24) is 0 Å². The molecule has 0 atom stereocenters. The molecular formula is C10H18O3S. The minimum absolute atomic E-state index is 0.573. The molecule has 0 aromatic carbocycles. The first-order chi connectivity index (χ1) is 6.52. The predicted octanol–water partition coefficient (Wildman–Crippen LogP) is 2.01. The van der Waals surface area contributed by atoms with Crippen LogP contribution in [-0.4, -0.2) is 35.3 Å². The van der Waals surface area contributed by atoms with Crippen molar-refractivity contribution in [2.75, 3.05) is 19.0 Å². The minimum Gasteiger partial charge on any atom is -0.481 e. The Morgan fingerprint density at radius 3 is 2.64 bits per heavy atom. The summed E-state index contributed by atoms with van der Waals surface area (Å²) < 4.78 is 5.06. The Morgan fingerprint density at radius 1 is 1.57 bits per heavy atom. The fraction of sp³-hybridized carbons (Fsp3) is 0.900. The van der Waals surface area contributed by atoms with Crippen LogP contribution in [0.4, 0.5) is 0 Å². The van der Waals surface area contributed by atoms with Gasteiger partial charge >= 0.3 is 5.97 Å². The first-order valence-electron chi connectivity index (χ1n) is 4.95. The molecule has 1 aliphatic rings. The molecule has 1 rings (SSSR count). The monoisotopic (exact) mass is 218 g/mol. The number of carboxylic acids is 1. The Kier molecular flexibility index (Phi) is 4.26. The number of aliphatic carboxylic acids is 1. The zero-order valence-corrected chi connectivity index (χ0v) is 9.60. The molecular weight excluding hydrogens is 200 g/mol. The lowest BCUT2D eigenvalue weighted by Crippen LogP contribution is -2.30. The quantitative estimate of drug-likeness (QED) is 0.693. The molecule has 0 unspecified atom stereocenters. The van der Waals surface area contributed by atoms with Gasteiger partial charge in [-0.05, 0) is 32.4 Å². The molecule has 1 N–H and O–H groups in total. The molecule has 1 aliphatic heterocycles. The third-order valence-electron chi connectivity index (χ3n) is 2.49. The molecule has 1 saturated heterocycles. The smallest absolute Gasteiger partial charge is 0.309 e. The average molecular weight is 218 g/mol. The molecule has 0 amide bonds. The summed E-state index contributed by atoms with van der Waals surface area (Å²) in [6, 6.07) is 0. The van der Waals surface area contributed by atoms with Gasteiger partial charge in [-0.2, -0.15) is 11.8 Å². The lowest BCUT2D eigenvalue weighted by Gasteiger charge is -2.25. The molecule has 82 valence electrons. The maximum atomic E-state index is 10.8. The van der Waals surface area contributed by atoms with Crippen molar-refractivity contribution in [3.63, 3.8) is 0 Å². The van der Waals surface area contributed by atoms with Crippen molar-refractivity contribution in [3.8, 4) is 0 Å². The predicted molar refractivity (Wildman–Crippen MR) is 57.7 cm³/mol. The molecule has 0 saturated carbocycles. The Bertz CT molecular complexity index is 200. The van der Waals surface area contributed by atoms with Gasteiger partial charge in [0.1, 0.15) is 0 Å². The van der Waals surface area contributed by atoms with Crippen LogP contribution in [0.3, 0.4) is 0 Å². The highest BCUT2D eigenvalue weighted by atomic mass is 32.2. The molecule has 0 aromatic rings. The van der Waals surface area contributed by atoms with E-state index in [-0.39, 0.29) is 0 Å². The largest absolute Gasteiger partial charge is 0.481 e. The summed E-state index contributed by atoms with van der Waals surface area (Å²) in [6.45, 7) is 5.30. The summed E-state index contributed by atoms with van der Waals surface area (Å²) in [7, 11) is 0. The van der Waals surface area contributed by atoms with E-state index in [2.05, 4.69) is 0 Å². The number of hydrogen-bond acceptors (Lipinski definition) is 3. The van der Waals surface area contributed by atoms with Gasteiger partial charge in [0.15, 0.2) is 0 Å². The van der Waals surface area contributed by atoms with Crippen LogP contribution in [0.2, 0.25) is 0 Å². The normalized spacial score (nSPS) is 17.9. The summed E-state index contributed by atoms with van der Waals surface area (Å²) in [4.78, 5) is 10.8. The highest BCUT2D eigenvalue weighted by Crippen LogP contribution is 2.26. The Hall–Kier alpha value is -0.220. The van der Waals surface area contributed by atoms with Crippen molar-refractivity contribution in [2.45, 2.75) is 31.9 Å². The second-order valence-electron chi connectivity index (χ2n) is 4.32. The maximum Gasteiger partial charge on any atom is 0.309 e. The molecule has 0 bridgehead atoms. The fourth-order valence-corrected chi connectivity index (χ4v) is 2.21. The highest BCUT2D eigenvalue weighted by Gasteiger charge is 2.26. The van der Waals surface area contributed by atoms with Gasteiger partial charge in [-0.15, -0.1) is 0 Å². The van der Waals surface area contributed by atoms with E-state index in [1.165, 1.54) is 0 Å². The van der Waals surface area contributed by atoms with E-state index in [9.17, 15) is 4.79 Å². The van der Waals surface area contributed by atoms with Gasteiger partial charge in [-0.25, -0.2) is 0 Å². The van der Waals surface area contributed by atoms with Gasteiger partial charge in [0.05, 0.1) is 23.9 Å². The van der Waals surface area contributed by atoms with Gasteiger partial charge in [0.25, 0.3) is 0 Å². The van der Waals surface area contributed by atoms with Crippen LogP contribution in [0.5, 0.6) is 0 Å². The molecule has 0 spiro atoms. The molecule has 14 heavy (non-hydrogen) atoms. The highest BCUT2D eigenvalue weighted by molar-refractivity contribution is 8.00. The van der Waals surface area contributed by atoms with Crippen LogP contribution >= 0.6 is 11.8 Å². The number of thioether (sulfide) groups is 1. The first kappa shape index (κ1) is 11.9. The van der Waals surface area contributed by atoms with Crippen molar-refractivity contribution in [2.24, 2.45) is 5.41 Å². The van der Waals surface area contributed by atoms with E-state index in [0.717, 1.165) is 31.8 Å². The van der Waals surface area contributed by atoms with Crippen molar-refractivity contribution in [3.05, 3.63) is 0 Å². The van der Waals surface area contributed by atoms with Gasteiger partial charge in [-0.1, -0.05) is 0 Å². The molecule has 0 aliphatic carbocycles. The summed E-state index contributed by atoms with van der Waals surface area (Å²) in [6.07, 6.45) is 1.73. The molecule has 1 heterocycles. The standard InChI is InChI=1S/C10H18O3S/c1-10(2,9(11)12)4-3-5-14-8-6-13-7-8/h8H,3-7H2,1-2H3,(H,11,12). The lowest BCUT2D eigenvalue weighted by atomic mass is 9.88. The lowest BCUT2D eigenvalue weighted by molar-refractivity contribution is -0.147. The SMILES string of the molecule is CC(C)(CCCSC1COC1)C(=O)O. The molecule has 0 radical (unpaired) electrons. The van der Waals surface area contributed by atoms with E-state index in [1.54, 1.807) is 13.8 Å². The second-order valence-corrected chi connectivity index (χ2v) is 5.73. The third kappa shape index (κ3) is 3.50. The Morgan fingerprint density at radius 2 is 2.21 bits per heavy atom. The van der Waals surface area contributed by atoms with E-state index in [4.69, 9.17) is 9.84 Å². The molecule has 3 nitrogen and oxygen atoms in total. The molecule has 0 aromatic heterocycles. The number of carbonyl (C=O) groups is 1. The minimum atomic E-state index is -0.700. The van der Waals surface area contributed by atoms with Crippen LogP contribution < -0.4 is 0 Å². The Balaban J connectivity index is 2.04. The van der Waals surface area contributed by atoms with E-state index >= 15 is 0 Å². The first-order valence-corrected chi connectivity index (χ1v) is 6.00. The maximum absolute atomic E-state index is 10.8. The second kappa shape index (κ2) is 5.03. The Labute approximate surface area is 89.2 Å². The summed E-state index contributed by atoms with van der Waals surface area (Å²) in [5, 5.41) is 9.54. The van der Waals surface area contributed by atoms with Crippen molar-refractivity contribution < 1.29 is 14.6 Å². The number of hydrogen-bond donors (Lipinski definition) is 1. The van der Waals surface area contributed by atoms with Gasteiger partial charge < -0.3 is 9.84 Å². The van der Waals surface area contributed by atoms with Crippen LogP contribution in [-0.2, 0) is 9.53 Å².